The fourth-order valence-electron chi connectivity index (χ4n) is 3.02. The van der Waals surface area contributed by atoms with Crippen molar-refractivity contribution in [3.63, 3.8) is 0 Å². The van der Waals surface area contributed by atoms with E-state index in [1.54, 1.807) is 19.9 Å². The van der Waals surface area contributed by atoms with Gasteiger partial charge in [0.25, 0.3) is 0 Å². The van der Waals surface area contributed by atoms with E-state index in [0.29, 0.717) is 36.0 Å². The van der Waals surface area contributed by atoms with Crippen LogP contribution in [0.2, 0.25) is 0 Å². The van der Waals surface area contributed by atoms with Gasteiger partial charge in [0.2, 0.25) is 0 Å². The summed E-state index contributed by atoms with van der Waals surface area (Å²) in [5.74, 6) is -0.0810. The van der Waals surface area contributed by atoms with E-state index >= 15 is 0 Å². The number of nitrogens with one attached hydrogen (secondary N) is 2. The van der Waals surface area contributed by atoms with Crippen molar-refractivity contribution in [2.45, 2.75) is 58.9 Å². The Balaban J connectivity index is 0.00000274. The van der Waals surface area contributed by atoms with Crippen molar-refractivity contribution in [2.75, 3.05) is 11.9 Å². The fraction of sp³-hybridized carbons (Fsp3) is 0.478. The van der Waals surface area contributed by atoms with E-state index in [-0.39, 0.29) is 17.8 Å². The van der Waals surface area contributed by atoms with E-state index in [1.807, 2.05) is 35.1 Å². The lowest BCUT2D eigenvalue weighted by Gasteiger charge is -2.29. The van der Waals surface area contributed by atoms with Crippen LogP contribution in [0.25, 0.3) is 0 Å². The molecule has 1 saturated heterocycles. The maximum Gasteiger partial charge on any atom is 0.434 e. The van der Waals surface area contributed by atoms with Gasteiger partial charge in [-0.1, -0.05) is 40.9 Å². The van der Waals surface area contributed by atoms with Crippen LogP contribution >= 0.6 is 31.0 Å². The monoisotopic (exact) mass is 636 g/mol. The number of hydrogen-bond donors (Lipinski definition) is 3. The zero-order valence-electron chi connectivity index (χ0n) is 20.0. The molecule has 2 N–H and O–H groups in total. The molecule has 0 aromatic carbocycles. The average Bonchev–Trinajstić information content (AvgIpc) is 2.80. The molecule has 1 aliphatic heterocycles. The number of halogens is 7. The fourth-order valence-corrected chi connectivity index (χ4v) is 3.02. The van der Waals surface area contributed by atoms with Crippen LogP contribution in [-0.4, -0.2) is 28.7 Å². The molecule has 0 amide bonds. The molecule has 1 atom stereocenters. The van der Waals surface area contributed by atoms with Crippen LogP contribution in [0, 0.1) is 5.92 Å². The van der Waals surface area contributed by atoms with Crippen LogP contribution in [0.1, 0.15) is 46.2 Å². The zero-order valence-corrected chi connectivity index (χ0v) is 23.0. The third kappa shape index (κ3) is 11.3. The van der Waals surface area contributed by atoms with Gasteiger partial charge in [0.15, 0.2) is 5.69 Å². The Hall–Kier alpha value is -1.70. The second kappa shape index (κ2) is 15.4. The third-order valence-corrected chi connectivity index (χ3v) is 4.65. The third-order valence-electron chi connectivity index (χ3n) is 4.65. The van der Waals surface area contributed by atoms with Crippen molar-refractivity contribution in [3.8, 4) is 0 Å². The summed E-state index contributed by atoms with van der Waals surface area (Å²) in [6, 6.07) is -0.337. The summed E-state index contributed by atoms with van der Waals surface area (Å²) in [5, 5.41) is 6.19. The molecule has 1 aromatic heterocycles. The van der Waals surface area contributed by atoms with Crippen molar-refractivity contribution in [1.29, 1.82) is 0 Å². The number of anilines is 1. The molecule has 0 bridgehead atoms. The van der Waals surface area contributed by atoms with Gasteiger partial charge in [-0.25, -0.2) is 9.97 Å². The minimum absolute atomic E-state index is 0.156. The first kappa shape index (κ1) is 33.3. The van der Waals surface area contributed by atoms with Gasteiger partial charge in [-0.15, -0.1) is 9.80 Å². The zero-order chi connectivity index (χ0) is 27.4. The second-order valence-corrected chi connectivity index (χ2v) is 7.45. The quantitative estimate of drug-likeness (QED) is 0.128. The Morgan fingerprint density at radius 1 is 1.14 bits per heavy atom. The summed E-state index contributed by atoms with van der Waals surface area (Å²) in [7, 11) is 3.50. The predicted molar refractivity (Wildman–Crippen MR) is 141 cm³/mol. The van der Waals surface area contributed by atoms with Gasteiger partial charge in [0, 0.05) is 17.8 Å². The number of aromatic nitrogens is 2. The first-order valence-corrected chi connectivity index (χ1v) is 14.0. The average molecular weight is 636 g/mol. The number of allylic oxidation sites excluding steroid dienone is 5. The Morgan fingerprint density at radius 3 is 2.20 bits per heavy atom. The lowest BCUT2D eigenvalue weighted by molar-refractivity contribution is -0.141. The van der Waals surface area contributed by atoms with E-state index in [2.05, 4.69) is 43.6 Å². The lowest BCUT2D eigenvalue weighted by Crippen LogP contribution is -2.36. The van der Waals surface area contributed by atoms with Gasteiger partial charge in [-0.05, 0) is 63.3 Å². The molecule has 1 aliphatic rings. The molecule has 1 unspecified atom stereocenters. The Kier molecular flexibility index (Phi) is 14.7. The molecule has 2 rings (SSSR count). The van der Waals surface area contributed by atoms with Crippen LogP contribution < -0.4 is 10.6 Å². The minimum atomic E-state index is -4.58. The normalized spacial score (nSPS) is 17.5. The van der Waals surface area contributed by atoms with Gasteiger partial charge in [0.05, 0.1) is 18.4 Å². The molecule has 2 heterocycles. The summed E-state index contributed by atoms with van der Waals surface area (Å²) < 4.78 is 76.7. The predicted octanol–water partition coefficient (Wildman–Crippen LogP) is 8.09. The Bertz CT molecular complexity index is 877. The number of piperidine rings is 1. The topological polar surface area (TPSA) is 49.8 Å². The Morgan fingerprint density at radius 2 is 1.74 bits per heavy atom. The van der Waals surface area contributed by atoms with Crippen LogP contribution in [0.3, 0.4) is 0 Å². The molecule has 198 valence electrons. The van der Waals surface area contributed by atoms with Gasteiger partial charge < -0.3 is 10.6 Å². The van der Waals surface area contributed by atoms with Crippen LogP contribution in [0.15, 0.2) is 60.1 Å². The molecule has 0 radical (unpaired) electrons. The maximum atomic E-state index is 12.9. The van der Waals surface area contributed by atoms with Crippen molar-refractivity contribution in [2.24, 2.45) is 5.92 Å². The summed E-state index contributed by atoms with van der Waals surface area (Å²) in [5.41, 5.74) is -0.643. The summed E-state index contributed by atoms with van der Waals surface area (Å²) in [4.78, 5) is 7.14. The van der Waals surface area contributed by atoms with Crippen LogP contribution in [0.5, 0.6) is 0 Å². The first-order valence-electron chi connectivity index (χ1n) is 10.7. The number of rotatable bonds is 6. The number of thiol groups is 1. The molecular weight excluding hydrogens is 605 g/mol. The highest BCUT2D eigenvalue weighted by molar-refractivity contribution is 14.2. The van der Waals surface area contributed by atoms with E-state index in [0.717, 1.165) is 18.7 Å². The smallest absolute Gasteiger partial charge is 0.387 e. The molecule has 1 fully saturated rings. The highest BCUT2D eigenvalue weighted by Gasteiger charge is 2.33. The Labute approximate surface area is 220 Å². The van der Waals surface area contributed by atoms with Gasteiger partial charge in [-0.3, -0.25) is 0 Å². The standard InChI is InChI=1S/C21H24F6N4.C2H6.HIS/c1-12(2)15(9-14(4)20(22,23)24)13(3)8-17-16(6-5-7-28-17)31-19-11-29-18(10-30-19)21(25,26)27;2*1-2/h8-12,16,28H,3-7H2,1-2H3,(H,30,31);1-2H3;2H/b15-9+,17-8-;;. The molecule has 1 aromatic rings. The van der Waals surface area contributed by atoms with E-state index in [1.165, 1.54) is 0 Å². The molecule has 0 aliphatic carbocycles. The van der Waals surface area contributed by atoms with Gasteiger partial charge >= 0.3 is 12.4 Å². The lowest BCUT2D eigenvalue weighted by atomic mass is 9.91. The largest absolute Gasteiger partial charge is 0.434 e. The van der Waals surface area contributed by atoms with E-state index < -0.39 is 23.6 Å². The van der Waals surface area contributed by atoms with Crippen molar-refractivity contribution >= 4 is 36.8 Å². The van der Waals surface area contributed by atoms with E-state index in [9.17, 15) is 26.3 Å². The molecule has 35 heavy (non-hydrogen) atoms. The maximum absolute atomic E-state index is 12.9. The molecule has 0 saturated carbocycles. The molecule has 4 nitrogen and oxygen atoms in total. The summed E-state index contributed by atoms with van der Waals surface area (Å²) >= 11 is 1.84. The molecule has 0 spiro atoms. The first-order chi connectivity index (χ1) is 16.3. The van der Waals surface area contributed by atoms with E-state index in [4.69, 9.17) is 0 Å². The summed E-state index contributed by atoms with van der Waals surface area (Å²) in [6.45, 7) is 15.1. The summed E-state index contributed by atoms with van der Waals surface area (Å²) in [6.07, 6.45) is -3.43. The second-order valence-electron chi connectivity index (χ2n) is 7.45. The highest BCUT2D eigenvalue weighted by atomic mass is 127. The minimum Gasteiger partial charge on any atom is -0.387 e. The SMILES string of the molecule is C=C(/C=C1\NCCCC1Nc1cnc(C(F)(F)F)cn1)/C(=C/C(=C)C(F)(F)F)C(C)C.CC.SI. The number of hydrogen-bond acceptors (Lipinski definition) is 5. The number of alkyl halides is 6. The van der Waals surface area contributed by atoms with Crippen LogP contribution in [0.4, 0.5) is 32.2 Å². The molecule has 12 heteroatoms. The highest BCUT2D eigenvalue weighted by Crippen LogP contribution is 2.31. The van der Waals surface area contributed by atoms with Crippen molar-refractivity contribution in [1.82, 2.24) is 15.3 Å². The van der Waals surface area contributed by atoms with Crippen molar-refractivity contribution in [3.05, 3.63) is 65.8 Å². The van der Waals surface area contributed by atoms with Gasteiger partial charge in [0.1, 0.15) is 5.82 Å². The van der Waals surface area contributed by atoms with Gasteiger partial charge in [-0.2, -0.15) is 26.3 Å². The number of nitrogens with zero attached hydrogens (tertiary/aromatic N) is 2. The van der Waals surface area contributed by atoms with Crippen LogP contribution in [-0.2, 0) is 6.18 Å². The van der Waals surface area contributed by atoms with Crippen molar-refractivity contribution < 1.29 is 26.3 Å². The molecular formula is C23H31F6IN4S.